The highest BCUT2D eigenvalue weighted by atomic mass is 35.5. The van der Waals surface area contributed by atoms with E-state index in [4.69, 9.17) is 17.3 Å². The molecule has 4 aromatic rings. The van der Waals surface area contributed by atoms with Gasteiger partial charge in [0.05, 0.1) is 18.4 Å². The molecule has 0 aliphatic rings. The number of aryl methyl sites for hydroxylation is 1. The topological polar surface area (TPSA) is 116 Å². The number of anilines is 1. The van der Waals surface area contributed by atoms with Gasteiger partial charge in [-0.15, -0.1) is 11.3 Å². The Hall–Kier alpha value is -2.98. The van der Waals surface area contributed by atoms with Crippen LogP contribution >= 0.6 is 22.9 Å². The fourth-order valence-electron chi connectivity index (χ4n) is 2.38. The van der Waals surface area contributed by atoms with Crippen molar-refractivity contribution in [1.82, 2.24) is 34.4 Å². The van der Waals surface area contributed by atoms with Gasteiger partial charge in [-0.3, -0.25) is 9.20 Å². The lowest BCUT2D eigenvalue weighted by Crippen LogP contribution is -2.26. The van der Waals surface area contributed by atoms with Crippen LogP contribution in [0.4, 0.5) is 5.82 Å². The number of nitrogens with one attached hydrogen (secondary N) is 1. The zero-order valence-corrected chi connectivity index (χ0v) is 15.1. The summed E-state index contributed by atoms with van der Waals surface area (Å²) in [6.45, 7) is 2.13. The largest absolute Gasteiger partial charge is 0.382 e. The average Bonchev–Trinajstić information content (AvgIpc) is 3.30. The first-order chi connectivity index (χ1) is 12.5. The summed E-state index contributed by atoms with van der Waals surface area (Å²) in [6.07, 6.45) is 7.14. The van der Waals surface area contributed by atoms with Crippen molar-refractivity contribution < 1.29 is 4.79 Å². The van der Waals surface area contributed by atoms with Crippen molar-refractivity contribution in [2.45, 2.75) is 13.5 Å². The zero-order chi connectivity index (χ0) is 18.3. The van der Waals surface area contributed by atoms with Crippen molar-refractivity contribution in [3.05, 3.63) is 52.3 Å². The van der Waals surface area contributed by atoms with Crippen LogP contribution < -0.4 is 11.1 Å². The number of imidazole rings is 1. The van der Waals surface area contributed by atoms with Crippen LogP contribution in [0.2, 0.25) is 5.15 Å². The van der Waals surface area contributed by atoms with Crippen molar-refractivity contribution in [2.24, 2.45) is 0 Å². The normalized spacial score (nSPS) is 11.2. The number of amides is 1. The molecule has 3 N–H and O–H groups in total. The molecule has 0 saturated carbocycles. The lowest BCUT2D eigenvalue weighted by molar-refractivity contribution is 0.0946. The number of nitrogen functional groups attached to an aromatic ring is 1. The Morgan fingerprint density at radius 1 is 1.35 bits per heavy atom. The van der Waals surface area contributed by atoms with Crippen molar-refractivity contribution >= 4 is 39.6 Å². The molecule has 1 amide bonds. The Bertz CT molecular complexity index is 1090. The Balaban J connectivity index is 1.53. The Kier molecular flexibility index (Phi) is 4.05. The third-order valence-electron chi connectivity index (χ3n) is 3.58. The number of hydrogen-bond donors (Lipinski definition) is 2. The highest BCUT2D eigenvalue weighted by Crippen LogP contribution is 2.19. The van der Waals surface area contributed by atoms with Gasteiger partial charge in [0.2, 0.25) is 0 Å². The molecule has 0 aromatic carbocycles. The fourth-order valence-corrected chi connectivity index (χ4v) is 3.31. The van der Waals surface area contributed by atoms with E-state index in [2.05, 4.69) is 25.4 Å². The van der Waals surface area contributed by atoms with Crippen molar-refractivity contribution in [3.8, 4) is 5.82 Å². The molecule has 0 spiro atoms. The smallest absolute Gasteiger partial charge is 0.274 e. The van der Waals surface area contributed by atoms with Crippen molar-refractivity contribution in [1.29, 1.82) is 0 Å². The van der Waals surface area contributed by atoms with E-state index in [0.29, 0.717) is 0 Å². The highest BCUT2D eigenvalue weighted by molar-refractivity contribution is 7.15. The first-order valence-corrected chi connectivity index (χ1v) is 8.81. The van der Waals surface area contributed by atoms with Crippen LogP contribution in [0.3, 0.4) is 0 Å². The summed E-state index contributed by atoms with van der Waals surface area (Å²) in [5.74, 6) is -0.236. The van der Waals surface area contributed by atoms with Gasteiger partial charge in [-0.25, -0.2) is 19.6 Å². The summed E-state index contributed by atoms with van der Waals surface area (Å²) in [4.78, 5) is 25.9. The Morgan fingerprint density at radius 2 is 2.19 bits per heavy atom. The number of carbonyl (C=O) groups is 1. The summed E-state index contributed by atoms with van der Waals surface area (Å²) in [7, 11) is 0. The van der Waals surface area contributed by atoms with Crippen LogP contribution in [0.5, 0.6) is 0 Å². The fraction of sp³-hybridized carbons (Fsp3) is 0.133. The molecule has 0 aliphatic heterocycles. The summed E-state index contributed by atoms with van der Waals surface area (Å²) >= 11 is 7.68. The van der Waals surface area contributed by atoms with E-state index in [1.54, 1.807) is 12.4 Å². The molecular formula is C15H13ClN8OS. The van der Waals surface area contributed by atoms with Crippen molar-refractivity contribution in [3.63, 3.8) is 0 Å². The molecule has 26 heavy (non-hydrogen) atoms. The molecule has 4 rings (SSSR count). The third-order valence-corrected chi connectivity index (χ3v) is 4.60. The SMILES string of the molecule is Cc1cnn(-c2nc(N)c(C(=O)NCc3cn4ccsc4n3)nc2Cl)c1. The molecule has 4 aromatic heterocycles. The third kappa shape index (κ3) is 3.00. The zero-order valence-electron chi connectivity index (χ0n) is 13.5. The molecule has 0 saturated heterocycles. The summed E-state index contributed by atoms with van der Waals surface area (Å²) in [5, 5.41) is 8.81. The number of halogens is 1. The van der Waals surface area contributed by atoms with Crippen LogP contribution in [0, 0.1) is 6.92 Å². The van der Waals surface area contributed by atoms with Crippen LogP contribution in [0.25, 0.3) is 10.8 Å². The molecule has 11 heteroatoms. The molecule has 9 nitrogen and oxygen atoms in total. The first-order valence-electron chi connectivity index (χ1n) is 7.55. The van der Waals surface area contributed by atoms with Gasteiger partial charge in [0.1, 0.15) is 0 Å². The molecular weight excluding hydrogens is 376 g/mol. The van der Waals surface area contributed by atoms with Crippen LogP contribution in [0.1, 0.15) is 21.7 Å². The maximum absolute atomic E-state index is 12.4. The van der Waals surface area contributed by atoms with Crippen LogP contribution in [-0.2, 0) is 6.54 Å². The molecule has 0 aliphatic carbocycles. The number of thiazole rings is 1. The molecule has 0 atom stereocenters. The summed E-state index contributed by atoms with van der Waals surface area (Å²) in [6, 6.07) is 0. The average molecular weight is 389 g/mol. The summed E-state index contributed by atoms with van der Waals surface area (Å²) < 4.78 is 3.35. The van der Waals surface area contributed by atoms with E-state index < -0.39 is 5.91 Å². The minimum absolute atomic E-state index is 0.0270. The van der Waals surface area contributed by atoms with E-state index >= 15 is 0 Å². The Labute approximate surface area is 156 Å². The minimum Gasteiger partial charge on any atom is -0.382 e. The molecule has 0 bridgehead atoms. The van der Waals surface area contributed by atoms with Gasteiger partial charge in [0.25, 0.3) is 5.91 Å². The Morgan fingerprint density at radius 3 is 2.92 bits per heavy atom. The van der Waals surface area contributed by atoms with Gasteiger partial charge < -0.3 is 11.1 Å². The molecule has 0 fully saturated rings. The van der Waals surface area contributed by atoms with Crippen LogP contribution in [-0.4, -0.2) is 35.0 Å². The second-order valence-corrected chi connectivity index (χ2v) is 6.77. The lowest BCUT2D eigenvalue weighted by Gasteiger charge is -2.08. The monoisotopic (exact) mass is 388 g/mol. The number of rotatable bonds is 4. The van der Waals surface area contributed by atoms with Gasteiger partial charge >= 0.3 is 0 Å². The minimum atomic E-state index is -0.476. The molecule has 0 radical (unpaired) electrons. The highest BCUT2D eigenvalue weighted by Gasteiger charge is 2.18. The predicted octanol–water partition coefficient (Wildman–Crippen LogP) is 1.85. The number of aromatic nitrogens is 6. The van der Waals surface area contributed by atoms with E-state index in [1.807, 2.05) is 29.1 Å². The van der Waals surface area contributed by atoms with Gasteiger partial charge in [-0.05, 0) is 12.5 Å². The number of carbonyl (C=O) groups excluding carboxylic acids is 1. The molecule has 0 unspecified atom stereocenters. The standard InChI is InChI=1S/C15H13ClN8OS/c1-8-4-19-24(6-8)13-11(16)21-10(12(17)22-13)14(25)18-5-9-7-23-2-3-26-15(23)20-9/h2-4,6-7H,5H2,1H3,(H2,17,22)(H,18,25). The number of fused-ring (bicyclic) bond motifs is 1. The predicted molar refractivity (Wildman–Crippen MR) is 97.6 cm³/mol. The number of nitrogens with two attached hydrogens (primary N) is 1. The summed E-state index contributed by atoms with van der Waals surface area (Å²) in [5.41, 5.74) is 7.52. The van der Waals surface area contributed by atoms with Crippen LogP contribution in [0.15, 0.2) is 30.2 Å². The van der Waals surface area contributed by atoms with E-state index in [9.17, 15) is 4.79 Å². The van der Waals surface area contributed by atoms with Gasteiger partial charge in [0.15, 0.2) is 27.4 Å². The first kappa shape index (κ1) is 16.5. The quantitative estimate of drug-likeness (QED) is 0.551. The molecule has 132 valence electrons. The lowest BCUT2D eigenvalue weighted by atomic mass is 10.3. The van der Waals surface area contributed by atoms with Gasteiger partial charge in [0, 0.05) is 24.0 Å². The number of nitrogens with zero attached hydrogens (tertiary/aromatic N) is 6. The van der Waals surface area contributed by atoms with Gasteiger partial charge in [-0.2, -0.15) is 5.10 Å². The second kappa shape index (κ2) is 6.39. The second-order valence-electron chi connectivity index (χ2n) is 5.54. The maximum atomic E-state index is 12.4. The maximum Gasteiger partial charge on any atom is 0.274 e. The van der Waals surface area contributed by atoms with E-state index in [0.717, 1.165) is 16.2 Å². The number of hydrogen-bond acceptors (Lipinski definition) is 7. The van der Waals surface area contributed by atoms with E-state index in [-0.39, 0.29) is 29.0 Å². The van der Waals surface area contributed by atoms with Gasteiger partial charge in [-0.1, -0.05) is 11.6 Å². The van der Waals surface area contributed by atoms with E-state index in [1.165, 1.54) is 16.0 Å². The molecule has 4 heterocycles. The van der Waals surface area contributed by atoms with Crippen molar-refractivity contribution in [2.75, 3.05) is 5.73 Å².